The van der Waals surface area contributed by atoms with Gasteiger partial charge in [0, 0.05) is 38.1 Å². The van der Waals surface area contributed by atoms with E-state index in [-0.39, 0.29) is 0 Å². The molecule has 142 valence electrons. The van der Waals surface area contributed by atoms with Crippen molar-refractivity contribution >= 4 is 5.96 Å². The van der Waals surface area contributed by atoms with Gasteiger partial charge in [-0.1, -0.05) is 20.8 Å². The maximum atomic E-state index is 4.96. The molecule has 0 saturated carbocycles. The number of hydrogen-bond donors (Lipinski definition) is 1. The summed E-state index contributed by atoms with van der Waals surface area (Å²) in [5.74, 6) is 1.71. The summed E-state index contributed by atoms with van der Waals surface area (Å²) in [6, 6.07) is 0.928. The molecule has 1 aliphatic rings. The van der Waals surface area contributed by atoms with Gasteiger partial charge < -0.3 is 14.8 Å². The summed E-state index contributed by atoms with van der Waals surface area (Å²) >= 11 is 0. The molecule has 2 rings (SSSR count). The molecule has 0 bridgehead atoms. The molecule has 0 aliphatic carbocycles. The van der Waals surface area contributed by atoms with Crippen molar-refractivity contribution in [3.8, 4) is 0 Å². The Kier molecular flexibility index (Phi) is 7.75. The number of hydrogen-bond acceptors (Lipinski definition) is 3. The minimum atomic E-state index is 0.459. The van der Waals surface area contributed by atoms with Gasteiger partial charge in [-0.25, -0.2) is 4.98 Å². The van der Waals surface area contributed by atoms with Gasteiger partial charge in [0.1, 0.15) is 0 Å². The van der Waals surface area contributed by atoms with Crippen LogP contribution in [0.15, 0.2) is 23.7 Å². The van der Waals surface area contributed by atoms with Crippen LogP contribution < -0.4 is 5.32 Å². The summed E-state index contributed by atoms with van der Waals surface area (Å²) < 4.78 is 2.25. The van der Waals surface area contributed by atoms with Crippen LogP contribution in [0.3, 0.4) is 0 Å². The Balaban J connectivity index is 2.06. The molecule has 0 spiro atoms. The minimum Gasteiger partial charge on any atom is -0.357 e. The highest BCUT2D eigenvalue weighted by Crippen LogP contribution is 2.27. The number of rotatable bonds is 7. The van der Waals surface area contributed by atoms with E-state index in [2.05, 4.69) is 65.5 Å². The van der Waals surface area contributed by atoms with Crippen LogP contribution >= 0.6 is 0 Å². The van der Waals surface area contributed by atoms with Crippen molar-refractivity contribution in [2.75, 3.05) is 39.3 Å². The highest BCUT2D eigenvalue weighted by molar-refractivity contribution is 5.80. The topological polar surface area (TPSA) is 48.7 Å². The Morgan fingerprint density at radius 3 is 2.72 bits per heavy atom. The summed E-state index contributed by atoms with van der Waals surface area (Å²) in [5.41, 5.74) is 0. The van der Waals surface area contributed by atoms with Crippen LogP contribution in [0.2, 0.25) is 0 Å². The first-order chi connectivity index (χ1) is 12.1. The number of guanidine groups is 1. The van der Waals surface area contributed by atoms with Gasteiger partial charge in [-0.2, -0.15) is 0 Å². The van der Waals surface area contributed by atoms with Crippen molar-refractivity contribution in [2.24, 2.45) is 10.9 Å². The van der Waals surface area contributed by atoms with E-state index in [9.17, 15) is 0 Å². The average molecular weight is 349 g/mol. The van der Waals surface area contributed by atoms with Crippen molar-refractivity contribution in [3.63, 3.8) is 0 Å². The monoisotopic (exact) mass is 348 g/mol. The Morgan fingerprint density at radius 2 is 2.12 bits per heavy atom. The largest absolute Gasteiger partial charge is 0.357 e. The van der Waals surface area contributed by atoms with Crippen LogP contribution in [0.5, 0.6) is 0 Å². The lowest BCUT2D eigenvalue weighted by Crippen LogP contribution is -2.49. The summed E-state index contributed by atoms with van der Waals surface area (Å²) in [7, 11) is 0. The van der Waals surface area contributed by atoms with Crippen LogP contribution in [-0.4, -0.2) is 70.6 Å². The van der Waals surface area contributed by atoms with Crippen LogP contribution in [-0.2, 0) is 0 Å². The molecule has 6 heteroatoms. The normalized spacial score (nSPS) is 23.1. The van der Waals surface area contributed by atoms with Crippen molar-refractivity contribution in [1.29, 1.82) is 0 Å². The first kappa shape index (κ1) is 19.8. The van der Waals surface area contributed by atoms with Gasteiger partial charge in [0.2, 0.25) is 0 Å². The molecule has 0 aromatic carbocycles. The molecule has 6 nitrogen and oxygen atoms in total. The highest BCUT2D eigenvalue weighted by atomic mass is 15.3. The Hall–Kier alpha value is -1.56. The highest BCUT2D eigenvalue weighted by Gasteiger charge is 2.29. The van der Waals surface area contributed by atoms with Crippen LogP contribution in [0.4, 0.5) is 0 Å². The third-order valence-corrected chi connectivity index (χ3v) is 5.40. The molecule has 1 aromatic rings. The maximum absolute atomic E-state index is 4.96. The second-order valence-electron chi connectivity index (χ2n) is 7.05. The molecule has 1 saturated heterocycles. The number of aliphatic imine (C=N–C) groups is 1. The predicted molar refractivity (Wildman–Crippen MR) is 105 cm³/mol. The zero-order valence-corrected chi connectivity index (χ0v) is 16.6. The Bertz CT molecular complexity index is 508. The van der Waals surface area contributed by atoms with Crippen molar-refractivity contribution in [3.05, 3.63) is 18.7 Å². The molecular weight excluding hydrogens is 312 g/mol. The van der Waals surface area contributed by atoms with E-state index in [1.165, 1.54) is 6.42 Å². The SMILES string of the molecule is CCNC(=NCC(C)N(CC)CC)N1CCC(C)C(n2ccnc2)C1. The van der Waals surface area contributed by atoms with E-state index >= 15 is 0 Å². The molecule has 3 atom stereocenters. The van der Waals surface area contributed by atoms with Crippen LogP contribution in [0.25, 0.3) is 0 Å². The number of likely N-dealkylation sites (tertiary alicyclic amines) is 1. The van der Waals surface area contributed by atoms with E-state index in [1.807, 2.05) is 12.5 Å². The number of imidazole rings is 1. The first-order valence-electron chi connectivity index (χ1n) is 9.85. The molecule has 0 amide bonds. The van der Waals surface area contributed by atoms with Gasteiger partial charge in [0.15, 0.2) is 5.96 Å². The number of piperidine rings is 1. The molecule has 0 radical (unpaired) electrons. The summed E-state index contributed by atoms with van der Waals surface area (Å²) in [4.78, 5) is 14.1. The molecule has 3 unspecified atom stereocenters. The van der Waals surface area contributed by atoms with E-state index in [1.54, 1.807) is 0 Å². The van der Waals surface area contributed by atoms with Crippen LogP contribution in [0.1, 0.15) is 47.1 Å². The van der Waals surface area contributed by atoms with Crippen LogP contribution in [0, 0.1) is 5.92 Å². The lowest BCUT2D eigenvalue weighted by Gasteiger charge is -2.39. The molecular formula is C19H36N6. The van der Waals surface area contributed by atoms with Crippen molar-refractivity contribution in [1.82, 2.24) is 24.7 Å². The Morgan fingerprint density at radius 1 is 1.36 bits per heavy atom. The van der Waals surface area contributed by atoms with E-state index in [0.717, 1.165) is 45.2 Å². The third kappa shape index (κ3) is 5.21. The first-order valence-corrected chi connectivity index (χ1v) is 9.85. The predicted octanol–water partition coefficient (Wildman–Crippen LogP) is 2.46. The Labute approximate surface area is 153 Å². The molecule has 25 heavy (non-hydrogen) atoms. The second kappa shape index (κ2) is 9.80. The molecule has 1 fully saturated rings. The standard InChI is InChI=1S/C19H36N6/c1-6-21-19(22-13-17(5)23(7-2)8-3)24-11-9-16(4)18(14-24)25-12-10-20-15-25/h10,12,15-18H,6-9,11,13-14H2,1-5H3,(H,21,22). The van der Waals surface area contributed by atoms with Gasteiger partial charge >= 0.3 is 0 Å². The second-order valence-corrected chi connectivity index (χ2v) is 7.05. The molecule has 2 heterocycles. The van der Waals surface area contributed by atoms with Gasteiger partial charge in [0.25, 0.3) is 0 Å². The van der Waals surface area contributed by atoms with E-state index < -0.39 is 0 Å². The van der Waals surface area contributed by atoms with Gasteiger partial charge in [-0.15, -0.1) is 0 Å². The molecule has 1 N–H and O–H groups in total. The number of nitrogens with zero attached hydrogens (tertiary/aromatic N) is 5. The summed E-state index contributed by atoms with van der Waals surface area (Å²) in [6.45, 7) is 17.1. The summed E-state index contributed by atoms with van der Waals surface area (Å²) in [6.07, 6.45) is 7.07. The van der Waals surface area contributed by atoms with Gasteiger partial charge in [0.05, 0.1) is 18.9 Å². The van der Waals surface area contributed by atoms with Crippen molar-refractivity contribution < 1.29 is 0 Å². The molecule has 1 aliphatic heterocycles. The summed E-state index contributed by atoms with van der Waals surface area (Å²) in [5, 5.41) is 3.50. The molecule has 1 aromatic heterocycles. The zero-order chi connectivity index (χ0) is 18.2. The number of aromatic nitrogens is 2. The minimum absolute atomic E-state index is 0.459. The van der Waals surface area contributed by atoms with E-state index in [4.69, 9.17) is 4.99 Å². The van der Waals surface area contributed by atoms with Crippen molar-refractivity contribution in [2.45, 2.75) is 53.1 Å². The third-order valence-electron chi connectivity index (χ3n) is 5.40. The quantitative estimate of drug-likeness (QED) is 0.607. The lowest BCUT2D eigenvalue weighted by molar-refractivity contribution is 0.188. The fraction of sp³-hybridized carbons (Fsp3) is 0.789. The number of nitrogens with one attached hydrogen (secondary N) is 1. The zero-order valence-electron chi connectivity index (χ0n) is 16.6. The fourth-order valence-electron chi connectivity index (χ4n) is 3.70. The number of likely N-dealkylation sites (N-methyl/N-ethyl adjacent to an activating group) is 1. The van der Waals surface area contributed by atoms with E-state index in [0.29, 0.717) is 18.0 Å². The maximum Gasteiger partial charge on any atom is 0.194 e. The van der Waals surface area contributed by atoms with Gasteiger partial charge in [-0.3, -0.25) is 9.89 Å². The lowest BCUT2D eigenvalue weighted by atomic mass is 9.93. The fourth-order valence-corrected chi connectivity index (χ4v) is 3.70. The van der Waals surface area contributed by atoms with Gasteiger partial charge in [-0.05, 0) is 39.3 Å². The smallest absolute Gasteiger partial charge is 0.194 e. The average Bonchev–Trinajstić information content (AvgIpc) is 3.14.